The summed E-state index contributed by atoms with van der Waals surface area (Å²) in [6, 6.07) is 16.7. The quantitative estimate of drug-likeness (QED) is 0.717. The van der Waals surface area contributed by atoms with Crippen LogP contribution in [-0.2, 0) is 9.59 Å². The lowest BCUT2D eigenvalue weighted by Crippen LogP contribution is -2.44. The predicted molar refractivity (Wildman–Crippen MR) is 102 cm³/mol. The molecule has 2 rings (SSSR count). The number of ketones is 1. The van der Waals surface area contributed by atoms with Crippen LogP contribution in [0.15, 0.2) is 54.6 Å². The molecule has 0 radical (unpaired) electrons. The number of Topliss-reactive ketones (excluding diaryl/α,β-unsaturated/α-hetero) is 1. The first kappa shape index (κ1) is 19.4. The van der Waals surface area contributed by atoms with Crippen LogP contribution in [0, 0.1) is 0 Å². The summed E-state index contributed by atoms with van der Waals surface area (Å²) < 4.78 is 0. The summed E-state index contributed by atoms with van der Waals surface area (Å²) in [4.78, 5) is 35.7. The minimum atomic E-state index is -0.609. The molecule has 0 heterocycles. The Balaban J connectivity index is 1.86. The van der Waals surface area contributed by atoms with Crippen LogP contribution in [0.25, 0.3) is 11.1 Å². The summed E-state index contributed by atoms with van der Waals surface area (Å²) in [7, 11) is 0. The lowest BCUT2D eigenvalue weighted by molar-refractivity contribution is -0.128. The third kappa shape index (κ3) is 5.55. The summed E-state index contributed by atoms with van der Waals surface area (Å²) in [6.07, 6.45) is 0.168. The van der Waals surface area contributed by atoms with Crippen molar-refractivity contribution in [3.05, 3.63) is 60.2 Å². The van der Waals surface area contributed by atoms with E-state index in [1.165, 1.54) is 0 Å². The summed E-state index contributed by atoms with van der Waals surface area (Å²) in [5.41, 5.74) is 2.70. The van der Waals surface area contributed by atoms with Crippen molar-refractivity contribution in [2.24, 2.45) is 0 Å². The van der Waals surface area contributed by atoms with Gasteiger partial charge in [0.15, 0.2) is 5.78 Å². The second-order valence-corrected chi connectivity index (χ2v) is 6.05. The number of nitrogens with one attached hydrogen (secondary N) is 2. The zero-order valence-corrected chi connectivity index (χ0v) is 15.1. The molecule has 0 fully saturated rings. The SMILES string of the molecule is CCNC(=O)[C@H](C)NC(=O)CCC(=O)c1ccc(-c2ccccc2)cc1. The van der Waals surface area contributed by atoms with Crippen LogP contribution >= 0.6 is 0 Å². The van der Waals surface area contributed by atoms with E-state index in [9.17, 15) is 14.4 Å². The molecule has 0 saturated carbocycles. The monoisotopic (exact) mass is 352 g/mol. The lowest BCUT2D eigenvalue weighted by atomic mass is 10.0. The topological polar surface area (TPSA) is 75.3 Å². The third-order valence-electron chi connectivity index (χ3n) is 4.01. The highest BCUT2D eigenvalue weighted by molar-refractivity contribution is 5.98. The third-order valence-corrected chi connectivity index (χ3v) is 4.01. The van der Waals surface area contributed by atoms with E-state index >= 15 is 0 Å². The minimum absolute atomic E-state index is 0.0585. The fourth-order valence-electron chi connectivity index (χ4n) is 2.56. The molecule has 0 aliphatic carbocycles. The number of benzene rings is 2. The van der Waals surface area contributed by atoms with E-state index in [2.05, 4.69) is 10.6 Å². The lowest BCUT2D eigenvalue weighted by Gasteiger charge is -2.13. The van der Waals surface area contributed by atoms with Gasteiger partial charge in [0.05, 0.1) is 0 Å². The van der Waals surface area contributed by atoms with Gasteiger partial charge in [-0.05, 0) is 25.0 Å². The van der Waals surface area contributed by atoms with Crippen molar-refractivity contribution in [2.45, 2.75) is 32.7 Å². The molecule has 2 N–H and O–H groups in total. The van der Waals surface area contributed by atoms with Crippen molar-refractivity contribution in [2.75, 3.05) is 6.54 Å². The number of rotatable bonds is 8. The number of hydrogen-bond acceptors (Lipinski definition) is 3. The molecular formula is C21H24N2O3. The van der Waals surface area contributed by atoms with Gasteiger partial charge < -0.3 is 10.6 Å². The van der Waals surface area contributed by atoms with E-state index in [1.807, 2.05) is 49.4 Å². The molecule has 1 atom stereocenters. The van der Waals surface area contributed by atoms with Crippen molar-refractivity contribution in [1.29, 1.82) is 0 Å². The second kappa shape index (κ2) is 9.51. The maximum atomic E-state index is 12.3. The van der Waals surface area contributed by atoms with Crippen LogP contribution in [0.1, 0.15) is 37.0 Å². The molecule has 2 amide bonds. The van der Waals surface area contributed by atoms with E-state index < -0.39 is 6.04 Å². The normalized spacial score (nSPS) is 11.5. The molecule has 0 spiro atoms. The molecule has 0 unspecified atom stereocenters. The number of likely N-dealkylation sites (N-methyl/N-ethyl adjacent to an activating group) is 1. The van der Waals surface area contributed by atoms with Crippen LogP contribution in [0.2, 0.25) is 0 Å². The molecule has 5 nitrogen and oxygen atoms in total. The fourth-order valence-corrected chi connectivity index (χ4v) is 2.56. The smallest absolute Gasteiger partial charge is 0.242 e. The molecule has 2 aromatic rings. The van der Waals surface area contributed by atoms with Crippen molar-refractivity contribution in [1.82, 2.24) is 10.6 Å². The van der Waals surface area contributed by atoms with Gasteiger partial charge in [0.25, 0.3) is 0 Å². The number of carbonyl (C=O) groups is 3. The van der Waals surface area contributed by atoms with Crippen molar-refractivity contribution >= 4 is 17.6 Å². The van der Waals surface area contributed by atoms with Crippen LogP contribution < -0.4 is 10.6 Å². The Bertz CT molecular complexity index is 755. The highest BCUT2D eigenvalue weighted by Crippen LogP contribution is 2.19. The average molecular weight is 352 g/mol. The van der Waals surface area contributed by atoms with E-state index in [0.717, 1.165) is 11.1 Å². The standard InChI is InChI=1S/C21H24N2O3/c1-3-22-21(26)15(2)23-20(25)14-13-19(24)18-11-9-17(10-12-18)16-7-5-4-6-8-16/h4-12,15H,3,13-14H2,1-2H3,(H,22,26)(H,23,25)/t15-/m0/s1. The van der Waals surface area contributed by atoms with Crippen LogP contribution in [0.3, 0.4) is 0 Å². The van der Waals surface area contributed by atoms with E-state index in [1.54, 1.807) is 19.1 Å². The Hall–Kier alpha value is -2.95. The van der Waals surface area contributed by atoms with Crippen LogP contribution in [-0.4, -0.2) is 30.2 Å². The zero-order chi connectivity index (χ0) is 18.9. The highest BCUT2D eigenvalue weighted by atomic mass is 16.2. The Morgan fingerprint density at radius 2 is 1.50 bits per heavy atom. The van der Waals surface area contributed by atoms with E-state index in [4.69, 9.17) is 0 Å². The molecular weight excluding hydrogens is 328 g/mol. The van der Waals surface area contributed by atoms with Crippen LogP contribution in [0.5, 0.6) is 0 Å². The first-order valence-electron chi connectivity index (χ1n) is 8.77. The van der Waals surface area contributed by atoms with Gasteiger partial charge in [0.2, 0.25) is 11.8 Å². The summed E-state index contributed by atoms with van der Waals surface area (Å²) >= 11 is 0. The molecule has 0 aromatic heterocycles. The minimum Gasteiger partial charge on any atom is -0.355 e. The molecule has 136 valence electrons. The summed E-state index contributed by atoms with van der Waals surface area (Å²) in [5.74, 6) is -0.632. The Morgan fingerprint density at radius 3 is 2.12 bits per heavy atom. The van der Waals surface area contributed by atoms with Gasteiger partial charge in [-0.2, -0.15) is 0 Å². The van der Waals surface area contributed by atoms with Gasteiger partial charge in [0.1, 0.15) is 6.04 Å². The Morgan fingerprint density at radius 1 is 0.885 bits per heavy atom. The largest absolute Gasteiger partial charge is 0.355 e. The van der Waals surface area contributed by atoms with Crippen molar-refractivity contribution < 1.29 is 14.4 Å². The van der Waals surface area contributed by atoms with Crippen molar-refractivity contribution in [3.8, 4) is 11.1 Å². The van der Waals surface area contributed by atoms with E-state index in [-0.39, 0.29) is 30.4 Å². The molecule has 5 heteroatoms. The van der Waals surface area contributed by atoms with Gasteiger partial charge in [0, 0.05) is 24.9 Å². The molecule has 0 aliphatic rings. The summed E-state index contributed by atoms with van der Waals surface area (Å²) in [5, 5.41) is 5.24. The first-order chi connectivity index (χ1) is 12.5. The highest BCUT2D eigenvalue weighted by Gasteiger charge is 2.16. The van der Waals surface area contributed by atoms with Gasteiger partial charge in [-0.25, -0.2) is 0 Å². The van der Waals surface area contributed by atoms with Gasteiger partial charge >= 0.3 is 0 Å². The van der Waals surface area contributed by atoms with Crippen LogP contribution in [0.4, 0.5) is 0 Å². The predicted octanol–water partition coefficient (Wildman–Crippen LogP) is 2.96. The molecule has 0 saturated heterocycles. The molecule has 0 aliphatic heterocycles. The number of carbonyl (C=O) groups excluding carboxylic acids is 3. The number of hydrogen-bond donors (Lipinski definition) is 2. The van der Waals surface area contributed by atoms with E-state index in [0.29, 0.717) is 12.1 Å². The Kier molecular flexibility index (Phi) is 7.09. The molecule has 26 heavy (non-hydrogen) atoms. The number of amides is 2. The Labute approximate surface area is 153 Å². The second-order valence-electron chi connectivity index (χ2n) is 6.05. The maximum Gasteiger partial charge on any atom is 0.242 e. The zero-order valence-electron chi connectivity index (χ0n) is 15.1. The first-order valence-corrected chi connectivity index (χ1v) is 8.77. The van der Waals surface area contributed by atoms with Crippen molar-refractivity contribution in [3.63, 3.8) is 0 Å². The van der Waals surface area contributed by atoms with Gasteiger partial charge in [-0.15, -0.1) is 0 Å². The fraction of sp³-hybridized carbons (Fsp3) is 0.286. The molecule has 0 bridgehead atoms. The molecule has 2 aromatic carbocycles. The maximum absolute atomic E-state index is 12.3. The van der Waals surface area contributed by atoms with Gasteiger partial charge in [-0.3, -0.25) is 14.4 Å². The summed E-state index contributed by atoms with van der Waals surface area (Å²) in [6.45, 7) is 3.94. The van der Waals surface area contributed by atoms with Gasteiger partial charge in [-0.1, -0.05) is 54.6 Å². The average Bonchev–Trinajstić information content (AvgIpc) is 2.67.